The van der Waals surface area contributed by atoms with Gasteiger partial charge in [-0.15, -0.1) is 24.0 Å². The molecule has 2 rings (SSSR count). The summed E-state index contributed by atoms with van der Waals surface area (Å²) in [5, 5.41) is 6.87. The summed E-state index contributed by atoms with van der Waals surface area (Å²) in [6.45, 7) is 18.4. The van der Waals surface area contributed by atoms with Crippen LogP contribution in [0.4, 0.5) is 0 Å². The van der Waals surface area contributed by atoms with E-state index in [-0.39, 0.29) is 29.4 Å². The van der Waals surface area contributed by atoms with Gasteiger partial charge in [-0.25, -0.2) is 0 Å². The number of rotatable bonds is 7. The molecule has 0 spiro atoms. The summed E-state index contributed by atoms with van der Waals surface area (Å²) < 4.78 is 0. The molecule has 0 radical (unpaired) electrons. The molecule has 0 aromatic heterocycles. The van der Waals surface area contributed by atoms with Gasteiger partial charge < -0.3 is 15.5 Å². The molecule has 1 aliphatic rings. The number of nitrogens with one attached hydrogen (secondary N) is 2. The van der Waals surface area contributed by atoms with Gasteiger partial charge in [-0.3, -0.25) is 9.89 Å². The highest BCUT2D eigenvalue weighted by Crippen LogP contribution is 2.22. The van der Waals surface area contributed by atoms with Crippen LogP contribution in [0.15, 0.2) is 29.3 Å². The molecule has 1 saturated heterocycles. The lowest BCUT2D eigenvalue weighted by Crippen LogP contribution is -2.49. The van der Waals surface area contributed by atoms with E-state index in [1.54, 1.807) is 0 Å². The monoisotopic (exact) mass is 515 g/mol. The van der Waals surface area contributed by atoms with Crippen molar-refractivity contribution in [2.75, 3.05) is 52.9 Å². The normalized spacial score (nSPS) is 17.5. The lowest BCUT2D eigenvalue weighted by Gasteiger charge is -2.35. The Balaban J connectivity index is 0.00000420. The number of hydrogen-bond acceptors (Lipinski definition) is 3. The minimum Gasteiger partial charge on any atom is -0.357 e. The van der Waals surface area contributed by atoms with Crippen LogP contribution in [0.2, 0.25) is 0 Å². The maximum absolute atomic E-state index is 4.82. The molecule has 5 nitrogen and oxygen atoms in total. The summed E-state index contributed by atoms with van der Waals surface area (Å²) in [6.07, 6.45) is 1.00. The number of hydrogen-bond donors (Lipinski definition) is 2. The smallest absolute Gasteiger partial charge is 0.191 e. The first-order valence-corrected chi connectivity index (χ1v) is 10.8. The number of aliphatic imine (C=N–C) groups is 1. The topological polar surface area (TPSA) is 42.9 Å². The van der Waals surface area contributed by atoms with Crippen molar-refractivity contribution in [2.45, 2.75) is 52.5 Å². The number of benzene rings is 1. The number of guanidine groups is 1. The van der Waals surface area contributed by atoms with Gasteiger partial charge in [0.25, 0.3) is 0 Å². The molecule has 29 heavy (non-hydrogen) atoms. The van der Waals surface area contributed by atoms with Crippen LogP contribution in [0.25, 0.3) is 0 Å². The third-order valence-electron chi connectivity index (χ3n) is 5.55. The third-order valence-corrected chi connectivity index (χ3v) is 5.55. The van der Waals surface area contributed by atoms with Crippen molar-refractivity contribution in [1.29, 1.82) is 0 Å². The molecule has 1 unspecified atom stereocenters. The van der Waals surface area contributed by atoms with Crippen molar-refractivity contribution in [3.63, 3.8) is 0 Å². The second-order valence-electron chi connectivity index (χ2n) is 9.03. The summed E-state index contributed by atoms with van der Waals surface area (Å²) in [5.41, 5.74) is 2.96. The highest BCUT2D eigenvalue weighted by atomic mass is 127. The Kier molecular flexibility index (Phi) is 11.5. The largest absolute Gasteiger partial charge is 0.357 e. The van der Waals surface area contributed by atoms with Crippen molar-refractivity contribution >= 4 is 29.9 Å². The Morgan fingerprint density at radius 1 is 1.07 bits per heavy atom. The molecule has 1 aliphatic heterocycles. The second-order valence-corrected chi connectivity index (χ2v) is 9.03. The van der Waals surface area contributed by atoms with Crippen LogP contribution in [0.3, 0.4) is 0 Å². The standard InChI is InChI=1S/C23H41N5.HI/c1-7-24-22(26-18-19(2)28-16-14-27(6)15-17-28)25-13-12-20-8-10-21(11-9-20)23(3,4)5;/h8-11,19H,7,12-18H2,1-6H3,(H2,24,25,26);1H. The fourth-order valence-electron chi connectivity index (χ4n) is 3.44. The zero-order valence-electron chi connectivity index (χ0n) is 19.3. The Labute approximate surface area is 195 Å². The molecule has 1 atom stereocenters. The Hall–Kier alpha value is -0.860. The van der Waals surface area contributed by atoms with Crippen LogP contribution in [-0.2, 0) is 11.8 Å². The van der Waals surface area contributed by atoms with Gasteiger partial charge in [-0.2, -0.15) is 0 Å². The van der Waals surface area contributed by atoms with Gasteiger partial charge in [-0.05, 0) is 43.9 Å². The first kappa shape index (κ1) is 26.2. The first-order valence-electron chi connectivity index (χ1n) is 10.8. The first-order chi connectivity index (χ1) is 13.3. The number of piperazine rings is 1. The van der Waals surface area contributed by atoms with Gasteiger partial charge in [0.15, 0.2) is 5.96 Å². The zero-order valence-corrected chi connectivity index (χ0v) is 21.6. The van der Waals surface area contributed by atoms with E-state index >= 15 is 0 Å². The summed E-state index contributed by atoms with van der Waals surface area (Å²) in [7, 11) is 2.20. The molecule has 1 aromatic rings. The predicted octanol–water partition coefficient (Wildman–Crippen LogP) is 3.34. The summed E-state index contributed by atoms with van der Waals surface area (Å²) in [5.74, 6) is 0.926. The minimum absolute atomic E-state index is 0. The Bertz CT molecular complexity index is 601. The number of halogens is 1. The van der Waals surface area contributed by atoms with Crippen LogP contribution in [-0.4, -0.2) is 74.7 Å². The highest BCUT2D eigenvalue weighted by Gasteiger charge is 2.18. The summed E-state index contributed by atoms with van der Waals surface area (Å²) >= 11 is 0. The molecule has 1 aromatic carbocycles. The lowest BCUT2D eigenvalue weighted by atomic mass is 9.86. The Morgan fingerprint density at radius 3 is 2.24 bits per heavy atom. The predicted molar refractivity (Wildman–Crippen MR) is 137 cm³/mol. The second kappa shape index (κ2) is 12.7. The van der Waals surface area contributed by atoms with Crippen LogP contribution in [0, 0.1) is 0 Å². The molecule has 166 valence electrons. The molecule has 1 fully saturated rings. The molecular weight excluding hydrogens is 473 g/mol. The maximum atomic E-state index is 4.82. The van der Waals surface area contributed by atoms with Crippen molar-refractivity contribution in [3.05, 3.63) is 35.4 Å². The highest BCUT2D eigenvalue weighted by molar-refractivity contribution is 14.0. The van der Waals surface area contributed by atoms with Gasteiger partial charge >= 0.3 is 0 Å². The van der Waals surface area contributed by atoms with Gasteiger partial charge in [0.2, 0.25) is 0 Å². The molecule has 0 bridgehead atoms. The van der Waals surface area contributed by atoms with Crippen molar-refractivity contribution in [2.24, 2.45) is 4.99 Å². The van der Waals surface area contributed by atoms with Crippen molar-refractivity contribution < 1.29 is 0 Å². The van der Waals surface area contributed by atoms with Gasteiger partial charge in [0.1, 0.15) is 0 Å². The van der Waals surface area contributed by atoms with Crippen LogP contribution in [0.1, 0.15) is 45.7 Å². The molecule has 2 N–H and O–H groups in total. The van der Waals surface area contributed by atoms with E-state index in [0.29, 0.717) is 6.04 Å². The van der Waals surface area contributed by atoms with E-state index < -0.39 is 0 Å². The van der Waals surface area contributed by atoms with E-state index in [0.717, 1.165) is 58.2 Å². The van der Waals surface area contributed by atoms with E-state index in [1.807, 2.05) is 0 Å². The average molecular weight is 516 g/mol. The molecule has 0 amide bonds. The van der Waals surface area contributed by atoms with Crippen LogP contribution < -0.4 is 10.6 Å². The molecule has 6 heteroatoms. The summed E-state index contributed by atoms with van der Waals surface area (Å²) in [4.78, 5) is 9.76. The SMILES string of the molecule is CCNC(=NCC(C)N1CCN(C)CC1)NCCc1ccc(C(C)(C)C)cc1.I. The molecule has 1 heterocycles. The van der Waals surface area contributed by atoms with E-state index in [2.05, 4.69) is 86.4 Å². The third kappa shape index (κ3) is 9.22. The van der Waals surface area contributed by atoms with Gasteiger partial charge in [0.05, 0.1) is 6.54 Å². The Morgan fingerprint density at radius 2 is 1.69 bits per heavy atom. The van der Waals surface area contributed by atoms with E-state index in [4.69, 9.17) is 4.99 Å². The zero-order chi connectivity index (χ0) is 20.6. The molecule has 0 aliphatic carbocycles. The van der Waals surface area contributed by atoms with Gasteiger partial charge in [0, 0.05) is 45.3 Å². The minimum atomic E-state index is 0. The molecule has 0 saturated carbocycles. The van der Waals surface area contributed by atoms with Crippen LogP contribution >= 0.6 is 24.0 Å². The maximum Gasteiger partial charge on any atom is 0.191 e. The average Bonchev–Trinajstić information content (AvgIpc) is 2.66. The fourth-order valence-corrected chi connectivity index (χ4v) is 3.44. The van der Waals surface area contributed by atoms with E-state index in [9.17, 15) is 0 Å². The molecular formula is C23H42IN5. The van der Waals surface area contributed by atoms with Gasteiger partial charge in [-0.1, -0.05) is 45.0 Å². The van der Waals surface area contributed by atoms with Crippen molar-refractivity contribution in [3.8, 4) is 0 Å². The number of nitrogens with zero attached hydrogens (tertiary/aromatic N) is 3. The van der Waals surface area contributed by atoms with E-state index in [1.165, 1.54) is 11.1 Å². The quantitative estimate of drug-likeness (QED) is 0.332. The lowest BCUT2D eigenvalue weighted by molar-refractivity contribution is 0.122. The summed E-state index contributed by atoms with van der Waals surface area (Å²) in [6, 6.07) is 9.50. The number of likely N-dealkylation sites (N-methyl/N-ethyl adjacent to an activating group) is 1. The fraction of sp³-hybridized carbons (Fsp3) is 0.696. The van der Waals surface area contributed by atoms with Crippen LogP contribution in [0.5, 0.6) is 0 Å². The van der Waals surface area contributed by atoms with Crippen molar-refractivity contribution in [1.82, 2.24) is 20.4 Å².